The number of nitriles is 1. The number of ether oxygens (including phenoxy) is 2. The van der Waals surface area contributed by atoms with Gasteiger partial charge in [0.1, 0.15) is 17.7 Å². The number of nitrogens with two attached hydrogens (primary N) is 1. The van der Waals surface area contributed by atoms with Crippen molar-refractivity contribution in [1.82, 2.24) is 4.98 Å². The molecular weight excluding hydrogens is 254 g/mol. The van der Waals surface area contributed by atoms with Crippen LogP contribution in [0.15, 0.2) is 6.07 Å². The monoisotopic (exact) mass is 273 g/mol. The van der Waals surface area contributed by atoms with Gasteiger partial charge in [-0.3, -0.25) is 0 Å². The summed E-state index contributed by atoms with van der Waals surface area (Å²) in [5, 5.41) is 9.26. The summed E-state index contributed by atoms with van der Waals surface area (Å²) in [6.45, 7) is 1.22. The Balaban J connectivity index is 1.80. The van der Waals surface area contributed by atoms with Gasteiger partial charge in [-0.2, -0.15) is 5.26 Å². The van der Waals surface area contributed by atoms with Crippen molar-refractivity contribution in [3.05, 3.63) is 22.9 Å². The van der Waals surface area contributed by atoms with Crippen molar-refractivity contribution >= 4 is 0 Å². The van der Waals surface area contributed by atoms with Gasteiger partial charge in [-0.1, -0.05) is 0 Å². The van der Waals surface area contributed by atoms with Crippen molar-refractivity contribution in [3.8, 4) is 11.9 Å². The fraction of sp³-hybridized carbons (Fsp3) is 0.600. The van der Waals surface area contributed by atoms with Gasteiger partial charge in [0.15, 0.2) is 0 Å². The van der Waals surface area contributed by atoms with Crippen LogP contribution >= 0.6 is 0 Å². The molecule has 0 saturated heterocycles. The quantitative estimate of drug-likeness (QED) is 0.886. The molecule has 1 saturated carbocycles. The zero-order chi connectivity index (χ0) is 13.9. The molecule has 0 bridgehead atoms. The highest BCUT2D eigenvalue weighted by Gasteiger charge is 2.23. The molecule has 0 radical (unpaired) electrons. The molecule has 5 nitrogen and oxygen atoms in total. The molecule has 106 valence electrons. The zero-order valence-corrected chi connectivity index (χ0v) is 11.5. The van der Waals surface area contributed by atoms with Crippen LogP contribution in [0.4, 0.5) is 0 Å². The van der Waals surface area contributed by atoms with E-state index in [9.17, 15) is 5.26 Å². The van der Waals surface area contributed by atoms with Gasteiger partial charge < -0.3 is 15.2 Å². The van der Waals surface area contributed by atoms with E-state index in [4.69, 9.17) is 15.2 Å². The molecule has 0 atom stereocenters. The number of pyridine rings is 1. The maximum Gasteiger partial charge on any atom is 0.232 e. The summed E-state index contributed by atoms with van der Waals surface area (Å²) in [5.74, 6) is 0.480. The van der Waals surface area contributed by atoms with E-state index in [-0.39, 0.29) is 6.10 Å². The Hall–Kier alpha value is -1.64. The van der Waals surface area contributed by atoms with Crippen LogP contribution in [-0.4, -0.2) is 23.7 Å². The van der Waals surface area contributed by atoms with Gasteiger partial charge in [0.05, 0.1) is 18.9 Å². The summed E-state index contributed by atoms with van der Waals surface area (Å²) in [7, 11) is 0. The summed E-state index contributed by atoms with van der Waals surface area (Å²) < 4.78 is 11.4. The maximum absolute atomic E-state index is 9.26. The Labute approximate surface area is 118 Å². The normalized spacial score (nSPS) is 25.6. The van der Waals surface area contributed by atoms with E-state index >= 15 is 0 Å². The first kappa shape index (κ1) is 13.3. The number of aromatic nitrogens is 1. The summed E-state index contributed by atoms with van der Waals surface area (Å²) >= 11 is 0. The second kappa shape index (κ2) is 5.78. The Morgan fingerprint density at radius 3 is 2.90 bits per heavy atom. The van der Waals surface area contributed by atoms with E-state index in [1.54, 1.807) is 0 Å². The number of hydrogen-bond acceptors (Lipinski definition) is 5. The molecule has 0 spiro atoms. The first-order chi connectivity index (χ1) is 9.76. The fourth-order valence-corrected chi connectivity index (χ4v) is 2.80. The molecule has 3 rings (SSSR count). The molecule has 1 aliphatic carbocycles. The number of rotatable bonds is 2. The minimum atomic E-state index is 0.132. The summed E-state index contributed by atoms with van der Waals surface area (Å²) in [5.41, 5.74) is 8.41. The van der Waals surface area contributed by atoms with Crippen molar-refractivity contribution in [1.29, 1.82) is 5.26 Å². The van der Waals surface area contributed by atoms with E-state index in [0.717, 1.165) is 43.4 Å². The van der Waals surface area contributed by atoms with Crippen LogP contribution in [0.5, 0.6) is 5.88 Å². The van der Waals surface area contributed by atoms with Gasteiger partial charge in [-0.15, -0.1) is 0 Å². The predicted molar refractivity (Wildman–Crippen MR) is 73.2 cm³/mol. The van der Waals surface area contributed by atoms with Gasteiger partial charge in [0.25, 0.3) is 0 Å². The second-order valence-electron chi connectivity index (χ2n) is 5.52. The lowest BCUT2D eigenvalue weighted by atomic mass is 9.94. The van der Waals surface area contributed by atoms with Crippen LogP contribution in [-0.2, 0) is 17.8 Å². The second-order valence-corrected chi connectivity index (χ2v) is 5.52. The Bertz CT molecular complexity index is 531. The van der Waals surface area contributed by atoms with Crippen LogP contribution in [0.2, 0.25) is 0 Å². The van der Waals surface area contributed by atoms with Crippen molar-refractivity contribution in [3.63, 3.8) is 0 Å². The van der Waals surface area contributed by atoms with E-state index in [1.165, 1.54) is 0 Å². The summed E-state index contributed by atoms with van der Waals surface area (Å²) in [4.78, 5) is 4.54. The third-order valence-electron chi connectivity index (χ3n) is 4.01. The number of nitrogens with zero attached hydrogens (tertiary/aromatic N) is 2. The third-order valence-corrected chi connectivity index (χ3v) is 4.01. The molecule has 20 heavy (non-hydrogen) atoms. The molecule has 1 aromatic heterocycles. The van der Waals surface area contributed by atoms with E-state index in [0.29, 0.717) is 30.7 Å². The standard InChI is InChI=1S/C15H19N3O2/c16-8-10-7-11-9-19-6-5-14(11)18-15(10)20-13-3-1-12(17)2-4-13/h7,12-13H,1-6,9,17H2. The maximum atomic E-state index is 9.26. The van der Waals surface area contributed by atoms with Crippen molar-refractivity contribution < 1.29 is 9.47 Å². The largest absolute Gasteiger partial charge is 0.473 e. The molecular formula is C15H19N3O2. The van der Waals surface area contributed by atoms with Crippen LogP contribution < -0.4 is 10.5 Å². The number of fused-ring (bicyclic) bond motifs is 1. The van der Waals surface area contributed by atoms with Crippen molar-refractivity contribution in [2.45, 2.75) is 50.9 Å². The first-order valence-electron chi connectivity index (χ1n) is 7.19. The lowest BCUT2D eigenvalue weighted by Gasteiger charge is -2.27. The topological polar surface area (TPSA) is 81.2 Å². The Morgan fingerprint density at radius 2 is 2.15 bits per heavy atom. The average Bonchev–Trinajstić information content (AvgIpc) is 2.49. The zero-order valence-electron chi connectivity index (χ0n) is 11.5. The van der Waals surface area contributed by atoms with Crippen LogP contribution in [0.25, 0.3) is 0 Å². The smallest absolute Gasteiger partial charge is 0.232 e. The predicted octanol–water partition coefficient (Wildman–Crippen LogP) is 1.67. The van der Waals surface area contributed by atoms with Gasteiger partial charge in [0, 0.05) is 18.0 Å². The third kappa shape index (κ3) is 2.77. The molecule has 1 aromatic rings. The Kier molecular flexibility index (Phi) is 3.86. The summed E-state index contributed by atoms with van der Waals surface area (Å²) in [6.07, 6.45) is 4.75. The molecule has 2 heterocycles. The Morgan fingerprint density at radius 1 is 1.35 bits per heavy atom. The van der Waals surface area contributed by atoms with E-state index in [1.807, 2.05) is 6.07 Å². The average molecular weight is 273 g/mol. The minimum absolute atomic E-state index is 0.132. The van der Waals surface area contributed by atoms with Gasteiger partial charge in [0.2, 0.25) is 5.88 Å². The number of hydrogen-bond donors (Lipinski definition) is 1. The van der Waals surface area contributed by atoms with Crippen LogP contribution in [0, 0.1) is 11.3 Å². The summed E-state index contributed by atoms with van der Waals surface area (Å²) in [6, 6.07) is 4.32. The molecule has 0 unspecified atom stereocenters. The van der Waals surface area contributed by atoms with Gasteiger partial charge in [-0.25, -0.2) is 4.98 Å². The molecule has 1 aliphatic heterocycles. The van der Waals surface area contributed by atoms with E-state index in [2.05, 4.69) is 11.1 Å². The highest BCUT2D eigenvalue weighted by atomic mass is 16.5. The molecule has 0 aromatic carbocycles. The van der Waals surface area contributed by atoms with E-state index < -0.39 is 0 Å². The van der Waals surface area contributed by atoms with Crippen molar-refractivity contribution in [2.75, 3.05) is 6.61 Å². The molecule has 1 fully saturated rings. The molecule has 5 heteroatoms. The lowest BCUT2D eigenvalue weighted by molar-refractivity contribution is 0.107. The highest BCUT2D eigenvalue weighted by molar-refractivity contribution is 5.43. The fourth-order valence-electron chi connectivity index (χ4n) is 2.80. The molecule has 0 amide bonds. The SMILES string of the molecule is N#Cc1cc2c(nc1OC1CCC(N)CC1)CCOC2. The van der Waals surface area contributed by atoms with Gasteiger partial charge >= 0.3 is 0 Å². The van der Waals surface area contributed by atoms with Crippen LogP contribution in [0.3, 0.4) is 0 Å². The molecule has 2 aliphatic rings. The van der Waals surface area contributed by atoms with Crippen LogP contribution in [0.1, 0.15) is 42.5 Å². The highest BCUT2D eigenvalue weighted by Crippen LogP contribution is 2.27. The molecule has 2 N–H and O–H groups in total. The first-order valence-corrected chi connectivity index (χ1v) is 7.19. The minimum Gasteiger partial charge on any atom is -0.473 e. The lowest BCUT2D eigenvalue weighted by Crippen LogP contribution is -2.32. The van der Waals surface area contributed by atoms with Gasteiger partial charge in [-0.05, 0) is 31.7 Å². The van der Waals surface area contributed by atoms with Crippen molar-refractivity contribution in [2.24, 2.45) is 5.73 Å².